The summed E-state index contributed by atoms with van der Waals surface area (Å²) in [4.78, 5) is 17.7. The second-order valence-electron chi connectivity index (χ2n) is 4.80. The molecule has 2 rings (SSSR count). The maximum absolute atomic E-state index is 12.2. The van der Waals surface area contributed by atoms with Crippen molar-refractivity contribution in [1.82, 2.24) is 5.06 Å². The molecule has 3 N–H and O–H groups in total. The van der Waals surface area contributed by atoms with Crippen molar-refractivity contribution in [2.45, 2.75) is 25.8 Å². The number of nitrogens with two attached hydrogens (primary N) is 1. The van der Waals surface area contributed by atoms with Crippen molar-refractivity contribution in [2.75, 3.05) is 31.3 Å². The van der Waals surface area contributed by atoms with Gasteiger partial charge < -0.3 is 15.8 Å². The molecule has 1 fully saturated rings. The number of carbonyl (C=O) groups excluding carboxylic acids is 1. The van der Waals surface area contributed by atoms with Crippen molar-refractivity contribution < 1.29 is 14.4 Å². The SMILES string of the molecule is COc1ccc(NC(=O)C(C)N2CCCCO2)c(N)c1. The van der Waals surface area contributed by atoms with Gasteiger partial charge in [0.2, 0.25) is 5.91 Å². The van der Waals surface area contributed by atoms with Crippen molar-refractivity contribution in [2.24, 2.45) is 0 Å². The molecule has 6 nitrogen and oxygen atoms in total. The quantitative estimate of drug-likeness (QED) is 0.819. The summed E-state index contributed by atoms with van der Waals surface area (Å²) in [5.74, 6) is 0.525. The van der Waals surface area contributed by atoms with E-state index in [-0.39, 0.29) is 11.9 Å². The van der Waals surface area contributed by atoms with Crippen LogP contribution in [0.1, 0.15) is 19.8 Å². The third kappa shape index (κ3) is 3.40. The van der Waals surface area contributed by atoms with Crippen molar-refractivity contribution in [3.63, 3.8) is 0 Å². The minimum absolute atomic E-state index is 0.135. The molecule has 0 aliphatic carbocycles. The monoisotopic (exact) mass is 279 g/mol. The molecule has 0 aromatic heterocycles. The van der Waals surface area contributed by atoms with Gasteiger partial charge in [0, 0.05) is 12.6 Å². The lowest BCUT2D eigenvalue weighted by atomic mass is 10.2. The molecule has 6 heteroatoms. The molecule has 1 saturated heterocycles. The van der Waals surface area contributed by atoms with Gasteiger partial charge in [-0.15, -0.1) is 0 Å². The number of ether oxygens (including phenoxy) is 1. The summed E-state index contributed by atoms with van der Waals surface area (Å²) in [7, 11) is 1.57. The van der Waals surface area contributed by atoms with E-state index in [4.69, 9.17) is 15.3 Å². The van der Waals surface area contributed by atoms with Crippen molar-refractivity contribution >= 4 is 17.3 Å². The number of hydrogen-bond donors (Lipinski definition) is 2. The van der Waals surface area contributed by atoms with Crippen molar-refractivity contribution in [3.05, 3.63) is 18.2 Å². The Labute approximate surface area is 118 Å². The predicted molar refractivity (Wildman–Crippen MR) is 77.4 cm³/mol. The minimum atomic E-state index is -0.350. The van der Waals surface area contributed by atoms with Crippen LogP contribution in [-0.2, 0) is 9.63 Å². The number of amides is 1. The van der Waals surface area contributed by atoms with E-state index in [0.717, 1.165) is 19.4 Å². The van der Waals surface area contributed by atoms with Gasteiger partial charge in [-0.25, -0.2) is 0 Å². The summed E-state index contributed by atoms with van der Waals surface area (Å²) in [6, 6.07) is 4.82. The van der Waals surface area contributed by atoms with Gasteiger partial charge in [0.1, 0.15) is 11.8 Å². The maximum atomic E-state index is 12.2. The molecule has 1 amide bonds. The standard InChI is InChI=1S/C14H21N3O3/c1-10(17-7-3-4-8-20-17)14(18)16-13-6-5-11(19-2)9-12(13)15/h5-6,9-10H,3-4,7-8,15H2,1-2H3,(H,16,18). The van der Waals surface area contributed by atoms with Crippen LogP contribution in [-0.4, -0.2) is 37.3 Å². The van der Waals surface area contributed by atoms with Gasteiger partial charge in [0.05, 0.1) is 25.1 Å². The first-order valence-corrected chi connectivity index (χ1v) is 6.75. The van der Waals surface area contributed by atoms with Gasteiger partial charge in [-0.1, -0.05) is 0 Å². The predicted octanol–water partition coefficient (Wildman–Crippen LogP) is 1.63. The second kappa shape index (κ2) is 6.58. The van der Waals surface area contributed by atoms with E-state index in [9.17, 15) is 4.79 Å². The number of anilines is 2. The summed E-state index contributed by atoms with van der Waals surface area (Å²) in [6.45, 7) is 3.26. The fraction of sp³-hybridized carbons (Fsp3) is 0.500. The van der Waals surface area contributed by atoms with E-state index in [1.807, 2.05) is 6.92 Å². The van der Waals surface area contributed by atoms with Gasteiger partial charge in [0.15, 0.2) is 0 Å². The largest absolute Gasteiger partial charge is 0.497 e. The third-order valence-electron chi connectivity index (χ3n) is 3.36. The Hall–Kier alpha value is -1.79. The van der Waals surface area contributed by atoms with E-state index < -0.39 is 0 Å². The Balaban J connectivity index is 1.99. The second-order valence-corrected chi connectivity index (χ2v) is 4.80. The molecule has 1 unspecified atom stereocenters. The van der Waals surface area contributed by atoms with Gasteiger partial charge in [-0.2, -0.15) is 5.06 Å². The molecule has 0 saturated carbocycles. The van der Waals surface area contributed by atoms with E-state index in [1.165, 1.54) is 0 Å². The van der Waals surface area contributed by atoms with Crippen molar-refractivity contribution in [3.8, 4) is 5.75 Å². The average Bonchev–Trinajstić information content (AvgIpc) is 2.49. The molecule has 1 aliphatic heterocycles. The molecule has 0 radical (unpaired) electrons. The normalized spacial score (nSPS) is 17.5. The first-order chi connectivity index (χ1) is 9.61. The number of hydrogen-bond acceptors (Lipinski definition) is 5. The molecule has 1 heterocycles. The van der Waals surface area contributed by atoms with Gasteiger partial charge in [-0.3, -0.25) is 9.63 Å². The van der Waals surface area contributed by atoms with Crippen LogP contribution in [0.2, 0.25) is 0 Å². The molecule has 110 valence electrons. The van der Waals surface area contributed by atoms with Crippen LogP contribution >= 0.6 is 0 Å². The third-order valence-corrected chi connectivity index (χ3v) is 3.36. The van der Waals surface area contributed by atoms with Crippen LogP contribution in [0.5, 0.6) is 5.75 Å². The Morgan fingerprint density at radius 1 is 1.50 bits per heavy atom. The Morgan fingerprint density at radius 3 is 2.90 bits per heavy atom. The topological polar surface area (TPSA) is 76.8 Å². The van der Waals surface area contributed by atoms with Crippen LogP contribution in [0.4, 0.5) is 11.4 Å². The number of nitrogens with one attached hydrogen (secondary N) is 1. The summed E-state index contributed by atoms with van der Waals surface area (Å²) in [5.41, 5.74) is 6.94. The molecule has 0 spiro atoms. The van der Waals surface area contributed by atoms with E-state index >= 15 is 0 Å². The summed E-state index contributed by atoms with van der Waals surface area (Å²) in [6.07, 6.45) is 2.08. The fourth-order valence-corrected chi connectivity index (χ4v) is 2.07. The average molecular weight is 279 g/mol. The highest BCUT2D eigenvalue weighted by molar-refractivity contribution is 5.97. The van der Waals surface area contributed by atoms with E-state index in [1.54, 1.807) is 30.4 Å². The number of rotatable bonds is 4. The zero-order valence-electron chi connectivity index (χ0n) is 11.9. The highest BCUT2D eigenvalue weighted by Gasteiger charge is 2.24. The number of nitrogen functional groups attached to an aromatic ring is 1. The highest BCUT2D eigenvalue weighted by atomic mass is 16.7. The molecule has 1 aromatic carbocycles. The van der Waals surface area contributed by atoms with Crippen LogP contribution < -0.4 is 15.8 Å². The summed E-state index contributed by atoms with van der Waals surface area (Å²) < 4.78 is 5.08. The first kappa shape index (κ1) is 14.6. The van der Waals surface area contributed by atoms with Crippen molar-refractivity contribution in [1.29, 1.82) is 0 Å². The van der Waals surface area contributed by atoms with Gasteiger partial charge in [0.25, 0.3) is 0 Å². The summed E-state index contributed by atoms with van der Waals surface area (Å²) in [5, 5.41) is 4.54. The van der Waals surface area contributed by atoms with Crippen LogP contribution in [0, 0.1) is 0 Å². The minimum Gasteiger partial charge on any atom is -0.497 e. The number of carbonyl (C=O) groups is 1. The lowest BCUT2D eigenvalue weighted by Crippen LogP contribution is -2.44. The molecular weight excluding hydrogens is 258 g/mol. The lowest BCUT2D eigenvalue weighted by molar-refractivity contribution is -0.202. The van der Waals surface area contributed by atoms with Gasteiger partial charge >= 0.3 is 0 Å². The van der Waals surface area contributed by atoms with Gasteiger partial charge in [-0.05, 0) is 31.9 Å². The van der Waals surface area contributed by atoms with Crippen LogP contribution in [0.25, 0.3) is 0 Å². The Bertz CT molecular complexity index is 473. The molecule has 0 bridgehead atoms. The number of benzene rings is 1. The Morgan fingerprint density at radius 2 is 2.30 bits per heavy atom. The smallest absolute Gasteiger partial charge is 0.243 e. The molecular formula is C14H21N3O3. The number of nitrogens with zero attached hydrogens (tertiary/aromatic N) is 1. The first-order valence-electron chi connectivity index (χ1n) is 6.75. The molecule has 1 aliphatic rings. The highest BCUT2D eigenvalue weighted by Crippen LogP contribution is 2.24. The molecule has 20 heavy (non-hydrogen) atoms. The lowest BCUT2D eigenvalue weighted by Gasteiger charge is -2.30. The maximum Gasteiger partial charge on any atom is 0.243 e. The molecule has 1 aromatic rings. The van der Waals surface area contributed by atoms with E-state index in [0.29, 0.717) is 23.7 Å². The zero-order valence-corrected chi connectivity index (χ0v) is 11.9. The van der Waals surface area contributed by atoms with Crippen LogP contribution in [0.15, 0.2) is 18.2 Å². The number of methoxy groups -OCH3 is 1. The summed E-state index contributed by atoms with van der Waals surface area (Å²) >= 11 is 0. The van der Waals surface area contributed by atoms with E-state index in [2.05, 4.69) is 5.32 Å². The zero-order chi connectivity index (χ0) is 14.5. The molecule has 1 atom stereocenters. The van der Waals surface area contributed by atoms with Crippen LogP contribution in [0.3, 0.4) is 0 Å². The number of hydroxylamine groups is 2. The Kier molecular flexibility index (Phi) is 4.81. The fourth-order valence-electron chi connectivity index (χ4n) is 2.07.